The molecule has 0 bridgehead atoms. The van der Waals surface area contributed by atoms with E-state index in [4.69, 9.17) is 0 Å². The van der Waals surface area contributed by atoms with Gasteiger partial charge < -0.3 is 0 Å². The van der Waals surface area contributed by atoms with Crippen molar-refractivity contribution in [2.24, 2.45) is 0 Å². The van der Waals surface area contributed by atoms with Crippen LogP contribution in [-0.2, 0) is 4.79 Å². The van der Waals surface area contributed by atoms with E-state index in [-0.39, 0.29) is 0 Å². The first-order valence-electron chi connectivity index (χ1n) is 4.66. The van der Waals surface area contributed by atoms with Gasteiger partial charge in [-0.05, 0) is 12.8 Å². The van der Waals surface area contributed by atoms with E-state index in [1.54, 1.807) is 6.08 Å². The van der Waals surface area contributed by atoms with Crippen LogP contribution in [-0.4, -0.2) is 6.29 Å². The number of carbonyl (C=O) groups is 1. The molecule has 0 atom stereocenters. The van der Waals surface area contributed by atoms with Gasteiger partial charge in [-0.2, -0.15) is 0 Å². The number of hydrogen-bond acceptors (Lipinski definition) is 1. The number of carbonyl (C=O) groups excluding carboxylic acids is 1. The maximum Gasteiger partial charge on any atom is 0.150 e. The van der Waals surface area contributed by atoms with Crippen molar-refractivity contribution in [1.82, 2.24) is 0 Å². The van der Waals surface area contributed by atoms with Crippen molar-refractivity contribution in [3.05, 3.63) is 60.3 Å². The van der Waals surface area contributed by atoms with Crippen LogP contribution in [0.4, 0.5) is 0 Å². The molecule has 0 aromatic rings. The molecule has 0 spiro atoms. The molecular weight excluding hydrogens is 172 g/mol. The molecule has 0 unspecified atom stereocenters. The average molecular weight is 186 g/mol. The second kappa shape index (κ2) is 5.92. The zero-order valence-corrected chi connectivity index (χ0v) is 8.15. The summed E-state index contributed by atoms with van der Waals surface area (Å²) >= 11 is 0. The average Bonchev–Trinajstić information content (AvgIpc) is 2.43. The first-order chi connectivity index (χ1) is 6.86. The minimum absolute atomic E-state index is 0.729. The lowest BCUT2D eigenvalue weighted by atomic mass is 10.1. The highest BCUT2D eigenvalue weighted by atomic mass is 16.1. The summed E-state index contributed by atoms with van der Waals surface area (Å²) in [5, 5.41) is 0. The second-order valence-electron chi connectivity index (χ2n) is 3.08. The number of rotatable bonds is 4. The van der Waals surface area contributed by atoms with Gasteiger partial charge >= 0.3 is 0 Å². The Bertz CT molecular complexity index is 327. The molecule has 0 fully saturated rings. The molecule has 1 aliphatic carbocycles. The molecular formula is C13H14O. The third-order valence-corrected chi connectivity index (χ3v) is 1.99. The van der Waals surface area contributed by atoms with Gasteiger partial charge in [0.05, 0.1) is 0 Å². The van der Waals surface area contributed by atoms with Crippen molar-refractivity contribution in [3.63, 3.8) is 0 Å². The first kappa shape index (κ1) is 10.5. The van der Waals surface area contributed by atoms with Crippen LogP contribution in [0.1, 0.15) is 12.8 Å². The van der Waals surface area contributed by atoms with Gasteiger partial charge in [-0.15, -0.1) is 0 Å². The molecule has 0 amide bonds. The Hall–Kier alpha value is -1.63. The number of aldehydes is 1. The molecule has 0 N–H and O–H groups in total. The highest BCUT2D eigenvalue weighted by Gasteiger charge is 1.96. The van der Waals surface area contributed by atoms with Crippen LogP contribution in [0.25, 0.3) is 0 Å². The summed E-state index contributed by atoms with van der Waals surface area (Å²) in [6, 6.07) is 0. The van der Waals surface area contributed by atoms with E-state index >= 15 is 0 Å². The molecule has 0 aromatic heterocycles. The smallest absolute Gasteiger partial charge is 0.150 e. The van der Waals surface area contributed by atoms with Crippen LogP contribution >= 0.6 is 0 Å². The minimum atomic E-state index is 0.729. The van der Waals surface area contributed by atoms with Gasteiger partial charge in [-0.25, -0.2) is 0 Å². The predicted octanol–water partition coefficient (Wildman–Crippen LogP) is 3.13. The maximum atomic E-state index is 10.5. The molecule has 0 saturated carbocycles. The van der Waals surface area contributed by atoms with E-state index in [0.717, 1.165) is 24.7 Å². The quantitative estimate of drug-likeness (QED) is 0.487. The second-order valence-corrected chi connectivity index (χ2v) is 3.08. The highest BCUT2D eigenvalue weighted by Crippen LogP contribution is 2.13. The Labute approximate surface area is 84.8 Å². The van der Waals surface area contributed by atoms with Crippen molar-refractivity contribution in [1.29, 1.82) is 0 Å². The monoisotopic (exact) mass is 186 g/mol. The Kier molecular flexibility index (Phi) is 4.42. The third-order valence-electron chi connectivity index (χ3n) is 1.99. The molecule has 14 heavy (non-hydrogen) atoms. The minimum Gasteiger partial charge on any atom is -0.298 e. The van der Waals surface area contributed by atoms with Crippen molar-refractivity contribution in [2.75, 3.05) is 0 Å². The summed E-state index contributed by atoms with van der Waals surface area (Å²) in [7, 11) is 0. The molecule has 1 rings (SSSR count). The van der Waals surface area contributed by atoms with Crippen molar-refractivity contribution < 1.29 is 4.79 Å². The van der Waals surface area contributed by atoms with Crippen molar-refractivity contribution >= 4 is 6.29 Å². The fraction of sp³-hybridized carbons (Fsp3) is 0.154. The molecule has 0 radical (unpaired) electrons. The molecule has 72 valence electrons. The van der Waals surface area contributed by atoms with Crippen LogP contribution in [0.5, 0.6) is 0 Å². The van der Waals surface area contributed by atoms with Crippen LogP contribution in [0.2, 0.25) is 0 Å². The van der Waals surface area contributed by atoms with E-state index in [1.807, 2.05) is 30.4 Å². The molecule has 1 nitrogen and oxygen atoms in total. The van der Waals surface area contributed by atoms with Gasteiger partial charge in [-0.3, -0.25) is 4.79 Å². The highest BCUT2D eigenvalue weighted by molar-refractivity contribution is 5.78. The molecule has 0 saturated heterocycles. The van der Waals surface area contributed by atoms with Crippen LogP contribution in [0.15, 0.2) is 60.3 Å². The summed E-state index contributed by atoms with van der Waals surface area (Å²) in [4.78, 5) is 10.5. The summed E-state index contributed by atoms with van der Waals surface area (Å²) in [5.74, 6) is 0. The van der Waals surface area contributed by atoms with E-state index in [1.165, 1.54) is 5.57 Å². The Morgan fingerprint density at radius 3 is 3.00 bits per heavy atom. The molecule has 0 heterocycles. The van der Waals surface area contributed by atoms with Gasteiger partial charge in [0, 0.05) is 5.57 Å². The Balaban J connectivity index is 2.63. The zero-order valence-electron chi connectivity index (χ0n) is 8.15. The topological polar surface area (TPSA) is 17.1 Å². The molecule has 1 heteroatoms. The predicted molar refractivity (Wildman–Crippen MR) is 59.9 cm³/mol. The zero-order chi connectivity index (χ0) is 10.2. The van der Waals surface area contributed by atoms with Gasteiger partial charge in [0.1, 0.15) is 6.29 Å². The normalized spacial score (nSPS) is 16.0. The largest absolute Gasteiger partial charge is 0.298 e. The van der Waals surface area contributed by atoms with Crippen molar-refractivity contribution in [2.45, 2.75) is 12.8 Å². The van der Waals surface area contributed by atoms with E-state index < -0.39 is 0 Å². The lowest BCUT2D eigenvalue weighted by Gasteiger charge is -1.96. The SMILES string of the molecule is C=C/C=C\CC1=CC=C(C=O)C=CC1. The summed E-state index contributed by atoms with van der Waals surface area (Å²) in [6.45, 7) is 3.61. The van der Waals surface area contributed by atoms with Crippen LogP contribution in [0.3, 0.4) is 0 Å². The lowest BCUT2D eigenvalue weighted by Crippen LogP contribution is -1.76. The standard InChI is InChI=1S/C13H14O/c1-2-3-4-6-12-7-5-8-13(11-14)10-9-12/h2-5,8-11H,1,6-7H2/b4-3-. The van der Waals surface area contributed by atoms with Gasteiger partial charge in [0.2, 0.25) is 0 Å². The molecule has 0 aromatic carbocycles. The lowest BCUT2D eigenvalue weighted by molar-refractivity contribution is -0.104. The fourth-order valence-corrected chi connectivity index (χ4v) is 1.23. The Morgan fingerprint density at radius 1 is 1.43 bits per heavy atom. The third kappa shape index (κ3) is 3.40. The molecule has 1 aliphatic rings. The summed E-state index contributed by atoms with van der Waals surface area (Å²) < 4.78 is 0. The Morgan fingerprint density at radius 2 is 2.29 bits per heavy atom. The van der Waals surface area contributed by atoms with Crippen LogP contribution in [0, 0.1) is 0 Å². The van der Waals surface area contributed by atoms with E-state index in [9.17, 15) is 4.79 Å². The van der Waals surface area contributed by atoms with Gasteiger partial charge in [-0.1, -0.05) is 54.7 Å². The van der Waals surface area contributed by atoms with E-state index in [2.05, 4.69) is 12.7 Å². The molecule has 0 aliphatic heterocycles. The fourth-order valence-electron chi connectivity index (χ4n) is 1.23. The first-order valence-corrected chi connectivity index (χ1v) is 4.66. The summed E-state index contributed by atoms with van der Waals surface area (Å²) in [5.41, 5.74) is 2.03. The summed E-state index contributed by atoms with van der Waals surface area (Å²) in [6.07, 6.45) is 16.2. The van der Waals surface area contributed by atoms with Crippen LogP contribution < -0.4 is 0 Å². The van der Waals surface area contributed by atoms with Gasteiger partial charge in [0.15, 0.2) is 0 Å². The van der Waals surface area contributed by atoms with Gasteiger partial charge in [0.25, 0.3) is 0 Å². The van der Waals surface area contributed by atoms with Crippen molar-refractivity contribution in [3.8, 4) is 0 Å². The number of allylic oxidation sites excluding steroid dienone is 9. The number of hydrogen-bond donors (Lipinski definition) is 0. The van der Waals surface area contributed by atoms with E-state index in [0.29, 0.717) is 0 Å². The maximum absolute atomic E-state index is 10.5.